The van der Waals surface area contributed by atoms with Crippen LogP contribution in [0.1, 0.15) is 46.2 Å². The summed E-state index contributed by atoms with van der Waals surface area (Å²) in [5.41, 5.74) is 0.640. The van der Waals surface area contributed by atoms with Gasteiger partial charge in [0.2, 0.25) is 5.91 Å². The van der Waals surface area contributed by atoms with Crippen LogP contribution in [0.5, 0.6) is 0 Å². The Morgan fingerprint density at radius 3 is 2.50 bits per heavy atom. The van der Waals surface area contributed by atoms with Crippen molar-refractivity contribution in [2.75, 3.05) is 7.05 Å². The van der Waals surface area contributed by atoms with Gasteiger partial charge in [0.15, 0.2) is 0 Å². The van der Waals surface area contributed by atoms with Crippen LogP contribution in [0.2, 0.25) is 0 Å². The highest BCUT2D eigenvalue weighted by Gasteiger charge is 2.24. The van der Waals surface area contributed by atoms with Crippen LogP contribution in [-0.2, 0) is 16.9 Å². The molecule has 7 heteroatoms. The predicted octanol–water partition coefficient (Wildman–Crippen LogP) is 1.22. The number of likely N-dealkylation sites (N-methyl/N-ethyl adjacent to an activating group) is 1. The molecule has 0 aliphatic carbocycles. The van der Waals surface area contributed by atoms with Gasteiger partial charge >= 0.3 is 0 Å². The molecule has 0 bridgehead atoms. The molecule has 2 rings (SSSR count). The SMILES string of the molecule is CNC(=O)Cn1nc(C(C)C)c2cnn(C(C)(C)C)c2c1=O. The first-order valence-corrected chi connectivity index (χ1v) is 7.36. The number of carbonyl (C=O) groups is 1. The topological polar surface area (TPSA) is 81.8 Å². The first kappa shape index (κ1) is 16.2. The van der Waals surface area contributed by atoms with Gasteiger partial charge in [0.05, 0.1) is 17.4 Å². The Morgan fingerprint density at radius 1 is 1.36 bits per heavy atom. The molecule has 2 heterocycles. The van der Waals surface area contributed by atoms with Gasteiger partial charge in [-0.15, -0.1) is 0 Å². The van der Waals surface area contributed by atoms with Crippen molar-refractivity contribution in [2.45, 2.75) is 52.6 Å². The third kappa shape index (κ3) is 2.75. The minimum atomic E-state index is -0.332. The molecule has 2 aromatic heterocycles. The summed E-state index contributed by atoms with van der Waals surface area (Å²) >= 11 is 0. The number of hydrogen-bond donors (Lipinski definition) is 1. The van der Waals surface area contributed by atoms with Crippen LogP contribution in [-0.4, -0.2) is 32.5 Å². The normalized spacial score (nSPS) is 12.1. The fourth-order valence-corrected chi connectivity index (χ4v) is 2.35. The molecule has 120 valence electrons. The lowest BCUT2D eigenvalue weighted by Gasteiger charge is -2.20. The highest BCUT2D eigenvalue weighted by Crippen LogP contribution is 2.24. The first-order chi connectivity index (χ1) is 10.2. The Balaban J connectivity index is 2.81. The molecule has 0 aromatic carbocycles. The zero-order valence-corrected chi connectivity index (χ0v) is 14.0. The second kappa shape index (κ2) is 5.55. The highest BCUT2D eigenvalue weighted by atomic mass is 16.2. The molecule has 0 aliphatic rings. The van der Waals surface area contributed by atoms with Gasteiger partial charge in [-0.3, -0.25) is 14.3 Å². The van der Waals surface area contributed by atoms with Crippen molar-refractivity contribution in [2.24, 2.45) is 0 Å². The summed E-state index contributed by atoms with van der Waals surface area (Å²) in [5, 5.41) is 12.0. The van der Waals surface area contributed by atoms with Crippen LogP contribution in [0.3, 0.4) is 0 Å². The van der Waals surface area contributed by atoms with E-state index in [1.165, 1.54) is 11.7 Å². The van der Waals surface area contributed by atoms with Gasteiger partial charge in [-0.2, -0.15) is 10.2 Å². The fourth-order valence-electron chi connectivity index (χ4n) is 2.35. The van der Waals surface area contributed by atoms with E-state index in [0.717, 1.165) is 11.1 Å². The minimum absolute atomic E-state index is 0.0969. The van der Waals surface area contributed by atoms with Crippen molar-refractivity contribution in [3.05, 3.63) is 22.2 Å². The summed E-state index contributed by atoms with van der Waals surface area (Å²) in [6, 6.07) is 0. The average Bonchev–Trinajstić information content (AvgIpc) is 2.86. The molecular formula is C15H23N5O2. The van der Waals surface area contributed by atoms with Crippen LogP contribution in [0.15, 0.2) is 11.0 Å². The Morgan fingerprint density at radius 2 is 2.00 bits per heavy atom. The Hall–Kier alpha value is -2.18. The van der Waals surface area contributed by atoms with E-state index in [4.69, 9.17) is 0 Å². The first-order valence-electron chi connectivity index (χ1n) is 7.36. The van der Waals surface area contributed by atoms with Crippen molar-refractivity contribution in [1.82, 2.24) is 24.9 Å². The largest absolute Gasteiger partial charge is 0.358 e. The van der Waals surface area contributed by atoms with Crippen LogP contribution < -0.4 is 10.9 Å². The van der Waals surface area contributed by atoms with E-state index in [1.54, 1.807) is 10.9 Å². The molecule has 0 spiro atoms. The molecule has 0 atom stereocenters. The molecule has 7 nitrogen and oxygen atoms in total. The number of amides is 1. The second-order valence-electron chi connectivity index (χ2n) is 6.67. The zero-order valence-electron chi connectivity index (χ0n) is 14.0. The second-order valence-corrected chi connectivity index (χ2v) is 6.67. The number of aromatic nitrogens is 4. The lowest BCUT2D eigenvalue weighted by Crippen LogP contribution is -2.35. The summed E-state index contributed by atoms with van der Waals surface area (Å²) in [6.45, 7) is 9.86. The monoisotopic (exact) mass is 305 g/mol. The van der Waals surface area contributed by atoms with Crippen LogP contribution >= 0.6 is 0 Å². The van der Waals surface area contributed by atoms with E-state index < -0.39 is 0 Å². The number of rotatable bonds is 3. The van der Waals surface area contributed by atoms with E-state index in [-0.39, 0.29) is 29.5 Å². The molecule has 1 N–H and O–H groups in total. The van der Waals surface area contributed by atoms with Crippen molar-refractivity contribution < 1.29 is 4.79 Å². The van der Waals surface area contributed by atoms with E-state index in [9.17, 15) is 9.59 Å². The minimum Gasteiger partial charge on any atom is -0.358 e. The third-order valence-corrected chi connectivity index (χ3v) is 3.47. The molecule has 0 aliphatic heterocycles. The average molecular weight is 305 g/mol. The van der Waals surface area contributed by atoms with E-state index in [2.05, 4.69) is 15.5 Å². The van der Waals surface area contributed by atoms with E-state index in [1.807, 2.05) is 34.6 Å². The Kier molecular flexibility index (Phi) is 4.08. The number of nitrogens with zero attached hydrogens (tertiary/aromatic N) is 4. The predicted molar refractivity (Wildman–Crippen MR) is 84.9 cm³/mol. The van der Waals surface area contributed by atoms with Gasteiger partial charge < -0.3 is 5.32 Å². The number of carbonyl (C=O) groups excluding carboxylic acids is 1. The number of nitrogens with one attached hydrogen (secondary N) is 1. The molecule has 22 heavy (non-hydrogen) atoms. The molecule has 1 amide bonds. The van der Waals surface area contributed by atoms with Crippen molar-refractivity contribution >= 4 is 16.8 Å². The third-order valence-electron chi connectivity index (χ3n) is 3.47. The molecule has 0 unspecified atom stereocenters. The Bertz CT molecular complexity index is 765. The van der Waals surface area contributed by atoms with Gasteiger partial charge in [-0.05, 0) is 26.7 Å². The molecule has 0 radical (unpaired) electrons. The van der Waals surface area contributed by atoms with Gasteiger partial charge in [0.1, 0.15) is 12.1 Å². The maximum atomic E-state index is 12.7. The van der Waals surface area contributed by atoms with Crippen LogP contribution in [0.4, 0.5) is 0 Å². The lowest BCUT2D eigenvalue weighted by molar-refractivity contribution is -0.121. The standard InChI is InChI=1S/C15H23N5O2/c1-9(2)12-10-7-17-20(15(3,4)5)13(10)14(22)19(18-12)8-11(21)16-6/h7,9H,8H2,1-6H3,(H,16,21). The summed E-state index contributed by atoms with van der Waals surface area (Å²) in [4.78, 5) is 24.4. The quantitative estimate of drug-likeness (QED) is 0.924. The molecular weight excluding hydrogens is 282 g/mol. The molecule has 2 aromatic rings. The smallest absolute Gasteiger partial charge is 0.293 e. The Labute approximate surface area is 129 Å². The zero-order chi connectivity index (χ0) is 16.7. The van der Waals surface area contributed by atoms with Crippen LogP contribution in [0, 0.1) is 0 Å². The van der Waals surface area contributed by atoms with E-state index in [0.29, 0.717) is 5.52 Å². The molecule has 0 saturated heterocycles. The molecule has 0 fully saturated rings. The summed E-state index contributed by atoms with van der Waals surface area (Å²) < 4.78 is 2.93. The summed E-state index contributed by atoms with van der Waals surface area (Å²) in [7, 11) is 1.54. The van der Waals surface area contributed by atoms with Gasteiger partial charge in [0.25, 0.3) is 5.56 Å². The molecule has 0 saturated carbocycles. The van der Waals surface area contributed by atoms with Gasteiger partial charge in [-0.25, -0.2) is 4.68 Å². The van der Waals surface area contributed by atoms with Crippen LogP contribution in [0.25, 0.3) is 10.9 Å². The number of fused-ring (bicyclic) bond motifs is 1. The maximum Gasteiger partial charge on any atom is 0.293 e. The van der Waals surface area contributed by atoms with Crippen molar-refractivity contribution in [3.63, 3.8) is 0 Å². The highest BCUT2D eigenvalue weighted by molar-refractivity contribution is 5.81. The fraction of sp³-hybridized carbons (Fsp3) is 0.600. The lowest BCUT2D eigenvalue weighted by atomic mass is 10.1. The number of hydrogen-bond acceptors (Lipinski definition) is 4. The van der Waals surface area contributed by atoms with Crippen molar-refractivity contribution in [1.29, 1.82) is 0 Å². The van der Waals surface area contributed by atoms with Gasteiger partial charge in [0, 0.05) is 12.4 Å². The summed E-state index contributed by atoms with van der Waals surface area (Å²) in [6.07, 6.45) is 1.69. The van der Waals surface area contributed by atoms with Crippen molar-refractivity contribution in [3.8, 4) is 0 Å². The van der Waals surface area contributed by atoms with E-state index >= 15 is 0 Å². The maximum absolute atomic E-state index is 12.7. The van der Waals surface area contributed by atoms with Gasteiger partial charge in [-0.1, -0.05) is 13.8 Å². The summed E-state index contributed by atoms with van der Waals surface area (Å²) in [5.74, 6) is -0.137.